The summed E-state index contributed by atoms with van der Waals surface area (Å²) in [6.45, 7) is 2.99. The largest absolute Gasteiger partial charge is 0.334 e. The SMILES string of the molecule is CC1CN(C(=O)NCc2ccc(-c3ccncc3)cc2)CCS(=O)(=O)C1. The Hall–Kier alpha value is -2.41. The number of urea groups is 1. The van der Waals surface area contributed by atoms with Crippen LogP contribution in [0.2, 0.25) is 0 Å². The first kappa shape index (κ1) is 18.4. The summed E-state index contributed by atoms with van der Waals surface area (Å²) >= 11 is 0. The maximum Gasteiger partial charge on any atom is 0.317 e. The van der Waals surface area contributed by atoms with E-state index in [0.717, 1.165) is 16.7 Å². The van der Waals surface area contributed by atoms with Crippen LogP contribution in [0.1, 0.15) is 12.5 Å². The molecule has 1 aromatic heterocycles. The summed E-state index contributed by atoms with van der Waals surface area (Å²) in [7, 11) is -3.06. The third-order valence-electron chi connectivity index (χ3n) is 4.44. The van der Waals surface area contributed by atoms with Crippen molar-refractivity contribution in [3.63, 3.8) is 0 Å². The normalized spacial score (nSPS) is 19.6. The van der Waals surface area contributed by atoms with Gasteiger partial charge in [-0.25, -0.2) is 13.2 Å². The van der Waals surface area contributed by atoms with E-state index in [1.165, 1.54) is 0 Å². The Labute approximate surface area is 154 Å². The fourth-order valence-electron chi connectivity index (χ4n) is 3.12. The summed E-state index contributed by atoms with van der Waals surface area (Å²) in [4.78, 5) is 18.0. The second-order valence-electron chi connectivity index (χ2n) is 6.76. The molecule has 2 aromatic rings. The number of carbonyl (C=O) groups is 1. The molecule has 1 fully saturated rings. The van der Waals surface area contributed by atoms with Gasteiger partial charge < -0.3 is 10.2 Å². The molecule has 1 aliphatic heterocycles. The standard InChI is InChI=1S/C19H23N3O3S/c1-15-13-22(10-11-26(24,25)14-15)19(23)21-12-16-2-4-17(5-3-16)18-6-8-20-9-7-18/h2-9,15H,10-14H2,1H3,(H,21,23). The zero-order chi connectivity index (χ0) is 18.6. The van der Waals surface area contributed by atoms with Crippen LogP contribution in [-0.2, 0) is 16.4 Å². The number of sulfone groups is 1. The second kappa shape index (κ2) is 7.86. The van der Waals surface area contributed by atoms with Crippen molar-refractivity contribution in [2.24, 2.45) is 5.92 Å². The van der Waals surface area contributed by atoms with Crippen LogP contribution in [0.5, 0.6) is 0 Å². The van der Waals surface area contributed by atoms with Gasteiger partial charge in [-0.3, -0.25) is 4.98 Å². The predicted octanol–water partition coefficient (Wildman–Crippen LogP) is 2.32. The number of nitrogens with one attached hydrogen (secondary N) is 1. The van der Waals surface area contributed by atoms with E-state index in [9.17, 15) is 13.2 Å². The summed E-state index contributed by atoms with van der Waals surface area (Å²) in [6, 6.07) is 11.7. The first-order chi connectivity index (χ1) is 12.4. The number of amides is 2. The van der Waals surface area contributed by atoms with Gasteiger partial charge in [0, 0.05) is 32.0 Å². The Morgan fingerprint density at radius 2 is 1.81 bits per heavy atom. The van der Waals surface area contributed by atoms with Gasteiger partial charge in [-0.15, -0.1) is 0 Å². The van der Waals surface area contributed by atoms with Crippen LogP contribution in [0.25, 0.3) is 11.1 Å². The average Bonchev–Trinajstić information content (AvgIpc) is 2.77. The molecule has 1 atom stereocenters. The molecule has 0 aliphatic carbocycles. The lowest BCUT2D eigenvalue weighted by Crippen LogP contribution is -2.42. The molecule has 0 radical (unpaired) electrons. The summed E-state index contributed by atoms with van der Waals surface area (Å²) in [5.41, 5.74) is 3.18. The topological polar surface area (TPSA) is 79.4 Å². The fraction of sp³-hybridized carbons (Fsp3) is 0.368. The van der Waals surface area contributed by atoms with Crippen LogP contribution >= 0.6 is 0 Å². The van der Waals surface area contributed by atoms with Crippen molar-refractivity contribution < 1.29 is 13.2 Å². The molecule has 26 heavy (non-hydrogen) atoms. The minimum absolute atomic E-state index is 0.0331. The van der Waals surface area contributed by atoms with Crippen molar-refractivity contribution in [2.75, 3.05) is 24.6 Å². The van der Waals surface area contributed by atoms with Gasteiger partial charge in [0.25, 0.3) is 0 Å². The van der Waals surface area contributed by atoms with E-state index in [0.29, 0.717) is 13.1 Å². The minimum Gasteiger partial charge on any atom is -0.334 e. The molecule has 1 saturated heterocycles. The van der Waals surface area contributed by atoms with Crippen molar-refractivity contribution in [3.8, 4) is 11.1 Å². The summed E-state index contributed by atoms with van der Waals surface area (Å²) in [6.07, 6.45) is 3.51. The van der Waals surface area contributed by atoms with Gasteiger partial charge in [-0.2, -0.15) is 0 Å². The molecule has 0 saturated carbocycles. The zero-order valence-electron chi connectivity index (χ0n) is 14.8. The summed E-state index contributed by atoms with van der Waals surface area (Å²) in [5.74, 6) is 0.131. The number of rotatable bonds is 3. The number of pyridine rings is 1. The van der Waals surface area contributed by atoms with E-state index >= 15 is 0 Å². The molecule has 0 spiro atoms. The van der Waals surface area contributed by atoms with Gasteiger partial charge in [0.15, 0.2) is 9.84 Å². The van der Waals surface area contributed by atoms with Crippen molar-refractivity contribution in [1.29, 1.82) is 0 Å². The second-order valence-corrected chi connectivity index (χ2v) is 8.99. The Morgan fingerprint density at radius 3 is 2.50 bits per heavy atom. The molecule has 1 N–H and O–H groups in total. The summed E-state index contributed by atoms with van der Waals surface area (Å²) in [5, 5.41) is 2.89. The molecule has 1 aromatic carbocycles. The van der Waals surface area contributed by atoms with E-state index in [-0.39, 0.29) is 30.0 Å². The van der Waals surface area contributed by atoms with Gasteiger partial charge in [0.05, 0.1) is 11.5 Å². The third kappa shape index (κ3) is 4.82. The lowest BCUT2D eigenvalue weighted by atomic mass is 10.1. The number of carbonyl (C=O) groups excluding carboxylic acids is 1. The van der Waals surface area contributed by atoms with E-state index in [4.69, 9.17) is 0 Å². The molecule has 138 valence electrons. The molecule has 2 amide bonds. The maximum absolute atomic E-state index is 12.4. The van der Waals surface area contributed by atoms with Crippen molar-refractivity contribution in [1.82, 2.24) is 15.2 Å². The highest BCUT2D eigenvalue weighted by molar-refractivity contribution is 7.91. The predicted molar refractivity (Wildman–Crippen MR) is 101 cm³/mol. The molecular weight excluding hydrogens is 350 g/mol. The number of nitrogens with zero attached hydrogens (tertiary/aromatic N) is 2. The van der Waals surface area contributed by atoms with E-state index < -0.39 is 9.84 Å². The molecule has 1 unspecified atom stereocenters. The lowest BCUT2D eigenvalue weighted by Gasteiger charge is -2.22. The van der Waals surface area contributed by atoms with Crippen LogP contribution in [0.4, 0.5) is 4.79 Å². The molecule has 3 rings (SSSR count). The Morgan fingerprint density at radius 1 is 1.15 bits per heavy atom. The van der Waals surface area contributed by atoms with Crippen molar-refractivity contribution in [3.05, 3.63) is 54.4 Å². The van der Waals surface area contributed by atoms with Crippen LogP contribution in [-0.4, -0.2) is 48.9 Å². The number of aromatic nitrogens is 1. The molecule has 2 heterocycles. The molecular formula is C19H23N3O3S. The Kier molecular flexibility index (Phi) is 5.56. The van der Waals surface area contributed by atoms with Crippen molar-refractivity contribution >= 4 is 15.9 Å². The zero-order valence-corrected chi connectivity index (χ0v) is 15.6. The van der Waals surface area contributed by atoms with Gasteiger partial charge in [0.1, 0.15) is 0 Å². The van der Waals surface area contributed by atoms with Gasteiger partial charge in [0.2, 0.25) is 0 Å². The van der Waals surface area contributed by atoms with E-state index in [1.54, 1.807) is 17.3 Å². The quantitative estimate of drug-likeness (QED) is 0.895. The number of hydrogen-bond acceptors (Lipinski definition) is 4. The van der Waals surface area contributed by atoms with E-state index in [1.807, 2.05) is 43.3 Å². The Balaban J connectivity index is 1.57. The van der Waals surface area contributed by atoms with Gasteiger partial charge >= 0.3 is 6.03 Å². The lowest BCUT2D eigenvalue weighted by molar-refractivity contribution is 0.195. The summed E-state index contributed by atoms with van der Waals surface area (Å²) < 4.78 is 23.6. The fourth-order valence-corrected chi connectivity index (χ4v) is 4.76. The first-order valence-electron chi connectivity index (χ1n) is 8.65. The molecule has 6 nitrogen and oxygen atoms in total. The monoisotopic (exact) mass is 373 g/mol. The van der Waals surface area contributed by atoms with Crippen molar-refractivity contribution in [2.45, 2.75) is 13.5 Å². The van der Waals surface area contributed by atoms with Crippen LogP contribution in [0.3, 0.4) is 0 Å². The first-order valence-corrected chi connectivity index (χ1v) is 10.5. The molecule has 7 heteroatoms. The van der Waals surface area contributed by atoms with Crippen LogP contribution < -0.4 is 5.32 Å². The van der Waals surface area contributed by atoms with E-state index in [2.05, 4.69) is 10.3 Å². The molecule has 1 aliphatic rings. The highest BCUT2D eigenvalue weighted by atomic mass is 32.2. The highest BCUT2D eigenvalue weighted by Crippen LogP contribution is 2.18. The van der Waals surface area contributed by atoms with Gasteiger partial charge in [-0.05, 0) is 34.7 Å². The number of benzene rings is 1. The highest BCUT2D eigenvalue weighted by Gasteiger charge is 2.26. The third-order valence-corrected chi connectivity index (χ3v) is 6.32. The average molecular weight is 373 g/mol. The Bertz CT molecular complexity index is 851. The smallest absolute Gasteiger partial charge is 0.317 e. The molecule has 0 bridgehead atoms. The van der Waals surface area contributed by atoms with Crippen LogP contribution in [0, 0.1) is 5.92 Å². The number of hydrogen-bond donors (Lipinski definition) is 1. The van der Waals surface area contributed by atoms with Crippen LogP contribution in [0.15, 0.2) is 48.8 Å². The van der Waals surface area contributed by atoms with Gasteiger partial charge in [-0.1, -0.05) is 31.2 Å². The minimum atomic E-state index is -3.06. The maximum atomic E-state index is 12.4.